The van der Waals surface area contributed by atoms with Crippen LogP contribution in [0.5, 0.6) is 0 Å². The van der Waals surface area contributed by atoms with Crippen molar-refractivity contribution in [1.82, 2.24) is 14.9 Å². The van der Waals surface area contributed by atoms with Gasteiger partial charge in [-0.2, -0.15) is 4.72 Å². The molecule has 4 aromatic rings. The van der Waals surface area contributed by atoms with Crippen LogP contribution in [-0.4, -0.2) is 24.5 Å². The fraction of sp³-hybridized carbons (Fsp3) is 0.160. The zero-order valence-corrected chi connectivity index (χ0v) is 20.6. The second kappa shape index (κ2) is 9.84. The Balaban J connectivity index is 1.59. The van der Waals surface area contributed by atoms with Gasteiger partial charge in [0, 0.05) is 5.56 Å². The first-order valence-corrected chi connectivity index (χ1v) is 12.9. The fourth-order valence-electron chi connectivity index (χ4n) is 3.55. The van der Waals surface area contributed by atoms with Crippen LogP contribution in [0, 0.1) is 20.8 Å². The first-order chi connectivity index (χ1) is 16.2. The lowest BCUT2D eigenvalue weighted by atomic mass is 9.95. The lowest BCUT2D eigenvalue weighted by Gasteiger charge is -2.21. The second-order valence-corrected chi connectivity index (χ2v) is 10.9. The molecule has 1 amide bonds. The number of hydrogen-bond donors (Lipinski definition) is 2. The van der Waals surface area contributed by atoms with E-state index in [0.29, 0.717) is 5.56 Å². The normalized spacial score (nSPS) is 12.3. The van der Waals surface area contributed by atoms with Crippen molar-refractivity contribution in [3.63, 3.8) is 0 Å². The second-order valence-electron chi connectivity index (χ2n) is 8.02. The monoisotopic (exact) mass is 492 g/mol. The van der Waals surface area contributed by atoms with E-state index in [1.807, 2.05) is 81.4 Å². The molecule has 2 N–H and O–H groups in total. The standard InChI is InChI=1S/C25H24N4O3S2/c1-16-9-12-20(13-10-16)23(30)26-24-27-28-25(33-24)34(31,32)29-22(19-7-5-4-6-8-19)21-14-11-17(2)15-18(21)3/h4-15,22,29H,1-3H3,(H,26,27,30). The summed E-state index contributed by atoms with van der Waals surface area (Å²) in [6, 6.07) is 21.7. The maximum Gasteiger partial charge on any atom is 0.270 e. The Kier molecular flexibility index (Phi) is 6.87. The van der Waals surface area contributed by atoms with Crippen molar-refractivity contribution in [2.45, 2.75) is 31.2 Å². The van der Waals surface area contributed by atoms with Gasteiger partial charge in [-0.25, -0.2) is 8.42 Å². The molecule has 0 saturated heterocycles. The van der Waals surface area contributed by atoms with Crippen molar-refractivity contribution in [1.29, 1.82) is 0 Å². The summed E-state index contributed by atoms with van der Waals surface area (Å²) >= 11 is 0.800. The van der Waals surface area contributed by atoms with Gasteiger partial charge in [-0.05, 0) is 49.6 Å². The van der Waals surface area contributed by atoms with Crippen LogP contribution in [0.15, 0.2) is 77.1 Å². The topological polar surface area (TPSA) is 101 Å². The summed E-state index contributed by atoms with van der Waals surface area (Å²) in [6.45, 7) is 5.87. The third-order valence-electron chi connectivity index (χ3n) is 5.31. The first-order valence-electron chi connectivity index (χ1n) is 10.6. The molecule has 174 valence electrons. The molecule has 0 fully saturated rings. The van der Waals surface area contributed by atoms with Gasteiger partial charge in [0.05, 0.1) is 6.04 Å². The van der Waals surface area contributed by atoms with Gasteiger partial charge in [0.15, 0.2) is 0 Å². The van der Waals surface area contributed by atoms with Crippen LogP contribution in [0.4, 0.5) is 5.13 Å². The minimum absolute atomic E-state index is 0.105. The molecule has 3 aromatic carbocycles. The number of carbonyl (C=O) groups excluding carboxylic acids is 1. The largest absolute Gasteiger partial charge is 0.296 e. The highest BCUT2D eigenvalue weighted by atomic mass is 32.2. The Morgan fingerprint density at radius 3 is 2.24 bits per heavy atom. The Bertz CT molecular complexity index is 1420. The maximum absolute atomic E-state index is 13.3. The molecular formula is C25H24N4O3S2. The molecule has 0 aliphatic heterocycles. The molecule has 0 bridgehead atoms. The molecule has 4 rings (SSSR count). The molecule has 7 nitrogen and oxygen atoms in total. The Labute approximate surface area is 202 Å². The molecule has 1 unspecified atom stereocenters. The quantitative estimate of drug-likeness (QED) is 0.362. The van der Waals surface area contributed by atoms with Gasteiger partial charge in [-0.1, -0.05) is 83.1 Å². The predicted molar refractivity (Wildman–Crippen MR) is 134 cm³/mol. The molecule has 0 spiro atoms. The molecule has 0 aliphatic carbocycles. The van der Waals surface area contributed by atoms with Crippen LogP contribution in [0.2, 0.25) is 0 Å². The van der Waals surface area contributed by atoms with Gasteiger partial charge in [-0.15, -0.1) is 10.2 Å². The van der Waals surface area contributed by atoms with Crippen molar-refractivity contribution >= 4 is 32.4 Å². The first kappa shape index (κ1) is 23.7. The zero-order valence-electron chi connectivity index (χ0n) is 18.9. The molecule has 9 heteroatoms. The highest BCUT2D eigenvalue weighted by Gasteiger charge is 2.27. The highest BCUT2D eigenvalue weighted by Crippen LogP contribution is 2.29. The van der Waals surface area contributed by atoms with Crippen LogP contribution >= 0.6 is 11.3 Å². The van der Waals surface area contributed by atoms with Crippen molar-refractivity contribution in [3.05, 3.63) is 106 Å². The van der Waals surface area contributed by atoms with Gasteiger partial charge in [-0.3, -0.25) is 10.1 Å². The summed E-state index contributed by atoms with van der Waals surface area (Å²) in [5, 5.41) is 10.4. The number of benzene rings is 3. The molecule has 0 saturated carbocycles. The van der Waals surface area contributed by atoms with Gasteiger partial charge in [0.25, 0.3) is 15.9 Å². The van der Waals surface area contributed by atoms with Gasteiger partial charge < -0.3 is 0 Å². The van der Waals surface area contributed by atoms with E-state index >= 15 is 0 Å². The number of aromatic nitrogens is 2. The predicted octanol–water partition coefficient (Wildman–Crippen LogP) is 4.78. The molecule has 1 aromatic heterocycles. The minimum Gasteiger partial charge on any atom is -0.296 e. The molecule has 1 heterocycles. The van der Waals surface area contributed by atoms with Crippen LogP contribution < -0.4 is 10.0 Å². The fourth-order valence-corrected chi connectivity index (χ4v) is 5.67. The summed E-state index contributed by atoms with van der Waals surface area (Å²) in [6.07, 6.45) is 0. The lowest BCUT2D eigenvalue weighted by Crippen LogP contribution is -2.30. The van der Waals surface area contributed by atoms with E-state index in [-0.39, 0.29) is 15.4 Å². The molecule has 0 aliphatic rings. The summed E-state index contributed by atoms with van der Waals surface area (Å²) in [7, 11) is -4.02. The Hall–Kier alpha value is -3.40. The number of anilines is 1. The summed E-state index contributed by atoms with van der Waals surface area (Å²) in [4.78, 5) is 12.5. The van der Waals surface area contributed by atoms with E-state index < -0.39 is 16.1 Å². The summed E-state index contributed by atoms with van der Waals surface area (Å²) in [5.41, 5.74) is 5.19. The number of nitrogens with zero attached hydrogens (tertiary/aromatic N) is 2. The lowest BCUT2D eigenvalue weighted by molar-refractivity contribution is 0.102. The van der Waals surface area contributed by atoms with Crippen molar-refractivity contribution in [2.75, 3.05) is 5.32 Å². The Morgan fingerprint density at radius 1 is 0.882 bits per heavy atom. The molecule has 1 atom stereocenters. The molecule has 34 heavy (non-hydrogen) atoms. The van der Waals surface area contributed by atoms with Crippen molar-refractivity contribution in [2.24, 2.45) is 0 Å². The van der Waals surface area contributed by atoms with E-state index in [1.54, 1.807) is 12.1 Å². The highest BCUT2D eigenvalue weighted by molar-refractivity contribution is 7.91. The maximum atomic E-state index is 13.3. The van der Waals surface area contributed by atoms with Gasteiger partial charge >= 0.3 is 0 Å². The number of aryl methyl sites for hydroxylation is 3. The van der Waals surface area contributed by atoms with E-state index in [9.17, 15) is 13.2 Å². The molecular weight excluding hydrogens is 468 g/mol. The smallest absolute Gasteiger partial charge is 0.270 e. The number of rotatable bonds is 7. The SMILES string of the molecule is Cc1ccc(C(=O)Nc2nnc(S(=O)(=O)NC(c3ccccc3)c3ccc(C)cc3C)s2)cc1. The van der Waals surface area contributed by atoms with Gasteiger partial charge in [0.2, 0.25) is 9.47 Å². The number of nitrogens with one attached hydrogen (secondary N) is 2. The van der Waals surface area contributed by atoms with Crippen molar-refractivity contribution in [3.8, 4) is 0 Å². The van der Waals surface area contributed by atoms with Crippen LogP contribution in [-0.2, 0) is 10.0 Å². The average molecular weight is 493 g/mol. The number of carbonyl (C=O) groups is 1. The number of sulfonamides is 1. The summed E-state index contributed by atoms with van der Waals surface area (Å²) in [5.74, 6) is -0.384. The Morgan fingerprint density at radius 2 is 1.56 bits per heavy atom. The average Bonchev–Trinajstić information content (AvgIpc) is 3.28. The van der Waals surface area contributed by atoms with E-state index in [2.05, 4.69) is 20.2 Å². The van der Waals surface area contributed by atoms with E-state index in [0.717, 1.165) is 39.2 Å². The number of hydrogen-bond acceptors (Lipinski definition) is 6. The van der Waals surface area contributed by atoms with Crippen LogP contribution in [0.25, 0.3) is 0 Å². The summed E-state index contributed by atoms with van der Waals surface area (Å²) < 4.78 is 29.1. The number of amides is 1. The minimum atomic E-state index is -4.02. The third kappa shape index (κ3) is 5.39. The van der Waals surface area contributed by atoms with Crippen molar-refractivity contribution < 1.29 is 13.2 Å². The molecule has 0 radical (unpaired) electrons. The van der Waals surface area contributed by atoms with Crippen LogP contribution in [0.3, 0.4) is 0 Å². The van der Waals surface area contributed by atoms with E-state index in [1.165, 1.54) is 0 Å². The van der Waals surface area contributed by atoms with E-state index in [4.69, 9.17) is 0 Å². The van der Waals surface area contributed by atoms with Gasteiger partial charge in [0.1, 0.15) is 0 Å². The van der Waals surface area contributed by atoms with Crippen LogP contribution in [0.1, 0.15) is 44.2 Å². The zero-order chi connectivity index (χ0) is 24.3. The third-order valence-corrected chi connectivity index (χ3v) is 7.94.